The summed E-state index contributed by atoms with van der Waals surface area (Å²) >= 11 is 5.86. The van der Waals surface area contributed by atoms with E-state index < -0.39 is 0 Å². The summed E-state index contributed by atoms with van der Waals surface area (Å²) in [6.45, 7) is 4.95. The third-order valence-electron chi connectivity index (χ3n) is 2.80. The van der Waals surface area contributed by atoms with Crippen LogP contribution >= 0.6 is 11.6 Å². The lowest BCUT2D eigenvalue weighted by Crippen LogP contribution is -2.37. The van der Waals surface area contributed by atoms with Crippen molar-refractivity contribution in [1.82, 2.24) is 5.32 Å². The SMILES string of the molecule is CNC(c1ccc(Cl)cc1)C(C)(C)CN. The highest BCUT2D eigenvalue weighted by atomic mass is 35.5. The molecule has 0 aliphatic rings. The Balaban J connectivity index is 2.97. The summed E-state index contributed by atoms with van der Waals surface area (Å²) in [5, 5.41) is 4.07. The summed E-state index contributed by atoms with van der Waals surface area (Å²) in [5.41, 5.74) is 7.03. The Bertz CT molecular complexity index is 306. The third-order valence-corrected chi connectivity index (χ3v) is 3.05. The number of hydrogen-bond donors (Lipinski definition) is 2. The lowest BCUT2D eigenvalue weighted by molar-refractivity contribution is 0.265. The van der Waals surface area contributed by atoms with Gasteiger partial charge in [-0.3, -0.25) is 0 Å². The molecule has 0 saturated heterocycles. The summed E-state index contributed by atoms with van der Waals surface area (Å²) in [6, 6.07) is 8.16. The molecule has 3 heteroatoms. The molecule has 0 heterocycles. The van der Waals surface area contributed by atoms with E-state index in [0.717, 1.165) is 5.02 Å². The molecule has 0 bridgehead atoms. The van der Waals surface area contributed by atoms with Crippen molar-refractivity contribution in [3.05, 3.63) is 34.9 Å². The van der Waals surface area contributed by atoms with Crippen LogP contribution in [0.2, 0.25) is 5.02 Å². The van der Waals surface area contributed by atoms with Gasteiger partial charge in [-0.05, 0) is 36.7 Å². The number of rotatable bonds is 4. The Morgan fingerprint density at radius 3 is 2.27 bits per heavy atom. The first-order chi connectivity index (χ1) is 7.01. The van der Waals surface area contributed by atoms with E-state index in [1.165, 1.54) is 5.56 Å². The predicted octanol–water partition coefficient (Wildman–Crippen LogP) is 2.59. The monoisotopic (exact) mass is 226 g/mol. The van der Waals surface area contributed by atoms with Gasteiger partial charge in [-0.15, -0.1) is 0 Å². The van der Waals surface area contributed by atoms with Crippen LogP contribution in [-0.2, 0) is 0 Å². The fourth-order valence-corrected chi connectivity index (χ4v) is 1.91. The molecule has 15 heavy (non-hydrogen) atoms. The molecule has 0 spiro atoms. The van der Waals surface area contributed by atoms with Crippen LogP contribution in [0.25, 0.3) is 0 Å². The highest BCUT2D eigenvalue weighted by Crippen LogP contribution is 2.32. The maximum Gasteiger partial charge on any atom is 0.0406 e. The zero-order valence-electron chi connectivity index (χ0n) is 9.55. The van der Waals surface area contributed by atoms with E-state index in [1.807, 2.05) is 31.3 Å². The van der Waals surface area contributed by atoms with Crippen LogP contribution < -0.4 is 11.1 Å². The molecule has 1 aromatic rings. The average Bonchev–Trinajstić information content (AvgIpc) is 2.22. The molecule has 0 aromatic heterocycles. The van der Waals surface area contributed by atoms with Crippen LogP contribution in [0.4, 0.5) is 0 Å². The Labute approximate surface area is 96.8 Å². The molecule has 0 radical (unpaired) electrons. The van der Waals surface area contributed by atoms with Crippen molar-refractivity contribution in [2.24, 2.45) is 11.1 Å². The smallest absolute Gasteiger partial charge is 0.0406 e. The van der Waals surface area contributed by atoms with Crippen molar-refractivity contribution in [2.45, 2.75) is 19.9 Å². The highest BCUT2D eigenvalue weighted by molar-refractivity contribution is 6.30. The molecule has 0 aliphatic heterocycles. The zero-order chi connectivity index (χ0) is 11.5. The third kappa shape index (κ3) is 2.94. The van der Waals surface area contributed by atoms with Crippen LogP contribution in [-0.4, -0.2) is 13.6 Å². The minimum atomic E-state index is 0.0303. The van der Waals surface area contributed by atoms with Gasteiger partial charge in [-0.1, -0.05) is 37.6 Å². The summed E-state index contributed by atoms with van der Waals surface area (Å²) in [6.07, 6.45) is 0. The van der Waals surface area contributed by atoms with Crippen molar-refractivity contribution >= 4 is 11.6 Å². The van der Waals surface area contributed by atoms with Crippen molar-refractivity contribution in [1.29, 1.82) is 0 Å². The Hall–Kier alpha value is -0.570. The van der Waals surface area contributed by atoms with E-state index in [9.17, 15) is 0 Å². The van der Waals surface area contributed by atoms with E-state index in [0.29, 0.717) is 6.54 Å². The molecule has 0 saturated carbocycles. The van der Waals surface area contributed by atoms with Crippen LogP contribution in [0.1, 0.15) is 25.5 Å². The van der Waals surface area contributed by atoms with Gasteiger partial charge >= 0.3 is 0 Å². The molecule has 3 N–H and O–H groups in total. The van der Waals surface area contributed by atoms with Crippen LogP contribution in [0.5, 0.6) is 0 Å². The highest BCUT2D eigenvalue weighted by Gasteiger charge is 2.27. The maximum absolute atomic E-state index is 5.86. The molecule has 0 amide bonds. The summed E-state index contributed by atoms with van der Waals surface area (Å²) in [4.78, 5) is 0. The molecule has 84 valence electrons. The van der Waals surface area contributed by atoms with Gasteiger partial charge in [-0.2, -0.15) is 0 Å². The largest absolute Gasteiger partial charge is 0.330 e. The molecule has 1 atom stereocenters. The van der Waals surface area contributed by atoms with Gasteiger partial charge in [0.15, 0.2) is 0 Å². The molecular weight excluding hydrogens is 208 g/mol. The van der Waals surface area contributed by atoms with Crippen molar-refractivity contribution in [2.75, 3.05) is 13.6 Å². The summed E-state index contributed by atoms with van der Waals surface area (Å²) in [5.74, 6) is 0. The Kier molecular flexibility index (Phi) is 4.14. The first-order valence-corrected chi connectivity index (χ1v) is 5.52. The van der Waals surface area contributed by atoms with Gasteiger partial charge in [0.2, 0.25) is 0 Å². The van der Waals surface area contributed by atoms with E-state index in [1.54, 1.807) is 0 Å². The van der Waals surface area contributed by atoms with E-state index >= 15 is 0 Å². The summed E-state index contributed by atoms with van der Waals surface area (Å²) < 4.78 is 0. The second-order valence-corrected chi connectivity index (χ2v) is 4.90. The second kappa shape index (κ2) is 4.97. The number of halogens is 1. The van der Waals surface area contributed by atoms with Crippen LogP contribution in [0, 0.1) is 5.41 Å². The average molecular weight is 227 g/mol. The van der Waals surface area contributed by atoms with Gasteiger partial charge in [0.05, 0.1) is 0 Å². The molecule has 2 nitrogen and oxygen atoms in total. The molecule has 0 fully saturated rings. The van der Waals surface area contributed by atoms with Gasteiger partial charge in [0.1, 0.15) is 0 Å². The fourth-order valence-electron chi connectivity index (χ4n) is 1.78. The molecule has 1 aromatic carbocycles. The van der Waals surface area contributed by atoms with Crippen molar-refractivity contribution < 1.29 is 0 Å². The van der Waals surface area contributed by atoms with Gasteiger partial charge in [-0.25, -0.2) is 0 Å². The van der Waals surface area contributed by atoms with Crippen molar-refractivity contribution in [3.8, 4) is 0 Å². The number of nitrogens with two attached hydrogens (primary N) is 1. The zero-order valence-corrected chi connectivity index (χ0v) is 10.3. The standard InChI is InChI=1S/C12H19ClN2/c1-12(2,8-14)11(15-3)9-4-6-10(13)7-5-9/h4-7,11,15H,8,14H2,1-3H3. The second-order valence-electron chi connectivity index (χ2n) is 4.47. The summed E-state index contributed by atoms with van der Waals surface area (Å²) in [7, 11) is 1.96. The van der Waals surface area contributed by atoms with E-state index in [4.69, 9.17) is 17.3 Å². The quantitative estimate of drug-likeness (QED) is 0.828. The molecular formula is C12H19ClN2. The van der Waals surface area contributed by atoms with Crippen LogP contribution in [0.3, 0.4) is 0 Å². The molecule has 0 aliphatic carbocycles. The maximum atomic E-state index is 5.86. The molecule has 1 unspecified atom stereocenters. The normalized spacial score (nSPS) is 13.9. The number of hydrogen-bond acceptors (Lipinski definition) is 2. The molecule has 1 rings (SSSR count). The van der Waals surface area contributed by atoms with Gasteiger partial charge < -0.3 is 11.1 Å². The van der Waals surface area contributed by atoms with Crippen molar-refractivity contribution in [3.63, 3.8) is 0 Å². The fraction of sp³-hybridized carbons (Fsp3) is 0.500. The lowest BCUT2D eigenvalue weighted by Gasteiger charge is -2.33. The number of nitrogens with one attached hydrogen (secondary N) is 1. The Morgan fingerprint density at radius 1 is 1.33 bits per heavy atom. The Morgan fingerprint density at radius 2 is 1.87 bits per heavy atom. The predicted molar refractivity (Wildman–Crippen MR) is 66.1 cm³/mol. The first-order valence-electron chi connectivity index (χ1n) is 5.14. The minimum absolute atomic E-state index is 0.0303. The van der Waals surface area contributed by atoms with Gasteiger partial charge in [0.25, 0.3) is 0 Å². The minimum Gasteiger partial charge on any atom is -0.330 e. The van der Waals surface area contributed by atoms with E-state index in [2.05, 4.69) is 19.2 Å². The number of benzene rings is 1. The topological polar surface area (TPSA) is 38.0 Å². The van der Waals surface area contributed by atoms with Gasteiger partial charge in [0, 0.05) is 11.1 Å². The van der Waals surface area contributed by atoms with Crippen LogP contribution in [0.15, 0.2) is 24.3 Å². The lowest BCUT2D eigenvalue weighted by atomic mass is 9.80. The first kappa shape index (κ1) is 12.5. The van der Waals surface area contributed by atoms with E-state index in [-0.39, 0.29) is 11.5 Å².